The molecule has 0 saturated carbocycles. The van der Waals surface area contributed by atoms with Gasteiger partial charge in [0, 0.05) is 12.5 Å². The van der Waals surface area contributed by atoms with Crippen LogP contribution in [-0.4, -0.2) is 28.5 Å². The van der Waals surface area contributed by atoms with Crippen molar-refractivity contribution >= 4 is 6.08 Å². The van der Waals surface area contributed by atoms with Crippen molar-refractivity contribution in [3.05, 3.63) is 95.6 Å². The zero-order valence-electron chi connectivity index (χ0n) is 19.4. The van der Waals surface area contributed by atoms with Crippen LogP contribution >= 0.6 is 0 Å². The molecule has 0 bridgehead atoms. The highest BCUT2D eigenvalue weighted by Gasteiger charge is 2.39. The van der Waals surface area contributed by atoms with E-state index in [1.165, 1.54) is 0 Å². The van der Waals surface area contributed by atoms with E-state index in [9.17, 15) is 15.3 Å². The number of hydrogen-bond acceptors (Lipinski definition) is 5. The first kappa shape index (κ1) is 23.9. The minimum Gasteiger partial charge on any atom is -0.508 e. The first-order valence-electron chi connectivity index (χ1n) is 11.8. The zero-order valence-corrected chi connectivity index (χ0v) is 19.4. The highest BCUT2D eigenvalue weighted by atomic mass is 16.5. The fourth-order valence-electron chi connectivity index (χ4n) is 4.65. The van der Waals surface area contributed by atoms with Gasteiger partial charge in [0.1, 0.15) is 17.2 Å². The van der Waals surface area contributed by atoms with Gasteiger partial charge >= 0.3 is 0 Å². The molecule has 1 heterocycles. The molecule has 1 fully saturated rings. The minimum absolute atomic E-state index is 0.151. The molecule has 3 aromatic carbocycles. The quantitative estimate of drug-likeness (QED) is 0.364. The first-order chi connectivity index (χ1) is 16.5. The molecule has 0 spiro atoms. The third-order valence-corrected chi connectivity index (χ3v) is 6.38. The van der Waals surface area contributed by atoms with E-state index in [0.717, 1.165) is 29.5 Å². The van der Waals surface area contributed by atoms with Crippen LogP contribution < -0.4 is 0 Å². The van der Waals surface area contributed by atoms with Crippen LogP contribution in [0.2, 0.25) is 0 Å². The molecule has 0 aliphatic carbocycles. The number of phenols is 3. The van der Waals surface area contributed by atoms with Crippen molar-refractivity contribution in [2.24, 2.45) is 11.8 Å². The minimum atomic E-state index is -0.164. The van der Waals surface area contributed by atoms with E-state index in [0.29, 0.717) is 13.2 Å². The SMILES string of the molecule is CCOC[C@H]1C[C@H](C/C=C/c2ccc(O)cc2)[C@@H](c2ccc(O)cc2)O[C@H]1c1ccc(O)cc1. The lowest BCUT2D eigenvalue weighted by Gasteiger charge is -2.42. The molecule has 0 aromatic heterocycles. The van der Waals surface area contributed by atoms with Gasteiger partial charge < -0.3 is 24.8 Å². The van der Waals surface area contributed by atoms with Gasteiger partial charge in [0.2, 0.25) is 0 Å². The predicted molar refractivity (Wildman–Crippen MR) is 133 cm³/mol. The summed E-state index contributed by atoms with van der Waals surface area (Å²) in [5.41, 5.74) is 3.08. The molecule has 4 atom stereocenters. The molecular formula is C29H32O5. The Morgan fingerprint density at radius 1 is 0.765 bits per heavy atom. The number of rotatable bonds is 8. The molecule has 0 amide bonds. The standard InChI is InChI=1S/C29H32O5/c1-2-33-19-24-18-23(5-3-4-20-6-12-25(30)13-7-20)28(21-8-14-26(31)15-9-21)34-29(24)22-10-16-27(32)17-11-22/h3-4,6-17,23-24,28-32H,2,5,18-19H2,1H3/b4-3+/t23-,24+,28+,29-/m0/s1. The number of benzene rings is 3. The maximum atomic E-state index is 9.79. The number of hydrogen-bond donors (Lipinski definition) is 3. The van der Waals surface area contributed by atoms with E-state index in [1.54, 1.807) is 36.4 Å². The summed E-state index contributed by atoms with van der Waals surface area (Å²) in [6.45, 7) is 3.24. The van der Waals surface area contributed by atoms with Crippen LogP contribution in [0.5, 0.6) is 17.2 Å². The molecule has 1 saturated heterocycles. The van der Waals surface area contributed by atoms with E-state index < -0.39 is 0 Å². The second-order valence-electron chi connectivity index (χ2n) is 8.81. The molecule has 0 unspecified atom stereocenters. The summed E-state index contributed by atoms with van der Waals surface area (Å²) >= 11 is 0. The molecule has 4 rings (SSSR count). The molecule has 5 heteroatoms. The van der Waals surface area contributed by atoms with Crippen LogP contribution in [0.15, 0.2) is 78.9 Å². The highest BCUT2D eigenvalue weighted by molar-refractivity contribution is 5.50. The van der Waals surface area contributed by atoms with Gasteiger partial charge in [0.15, 0.2) is 0 Å². The number of aromatic hydroxyl groups is 3. The van der Waals surface area contributed by atoms with Crippen molar-refractivity contribution in [1.29, 1.82) is 0 Å². The van der Waals surface area contributed by atoms with Gasteiger partial charge in [0.05, 0.1) is 18.8 Å². The van der Waals surface area contributed by atoms with E-state index >= 15 is 0 Å². The van der Waals surface area contributed by atoms with E-state index in [2.05, 4.69) is 12.2 Å². The lowest BCUT2D eigenvalue weighted by Crippen LogP contribution is -2.34. The van der Waals surface area contributed by atoms with Gasteiger partial charge in [-0.2, -0.15) is 0 Å². The van der Waals surface area contributed by atoms with Crippen LogP contribution in [0.4, 0.5) is 0 Å². The monoisotopic (exact) mass is 460 g/mol. The Morgan fingerprint density at radius 2 is 1.26 bits per heavy atom. The summed E-state index contributed by atoms with van der Waals surface area (Å²) in [5.74, 6) is 1.10. The number of allylic oxidation sites excluding steroid dienone is 1. The average molecular weight is 461 g/mol. The third kappa shape index (κ3) is 5.99. The van der Waals surface area contributed by atoms with Crippen LogP contribution in [0, 0.1) is 11.8 Å². The molecule has 1 aliphatic rings. The zero-order chi connectivity index (χ0) is 23.9. The summed E-state index contributed by atoms with van der Waals surface area (Å²) in [6, 6.07) is 21.6. The summed E-state index contributed by atoms with van der Waals surface area (Å²) in [7, 11) is 0. The van der Waals surface area contributed by atoms with Crippen molar-refractivity contribution in [1.82, 2.24) is 0 Å². The fourth-order valence-corrected chi connectivity index (χ4v) is 4.65. The van der Waals surface area contributed by atoms with E-state index in [1.807, 2.05) is 43.3 Å². The first-order valence-corrected chi connectivity index (χ1v) is 11.8. The van der Waals surface area contributed by atoms with Gasteiger partial charge in [-0.1, -0.05) is 48.6 Å². The van der Waals surface area contributed by atoms with E-state index in [-0.39, 0.29) is 41.3 Å². The molecule has 3 N–H and O–H groups in total. The fraction of sp³-hybridized carbons (Fsp3) is 0.310. The smallest absolute Gasteiger partial charge is 0.115 e. The van der Waals surface area contributed by atoms with Crippen molar-refractivity contribution in [3.63, 3.8) is 0 Å². The molecular weight excluding hydrogens is 428 g/mol. The van der Waals surface area contributed by atoms with Gasteiger partial charge in [-0.05, 0) is 78.8 Å². The van der Waals surface area contributed by atoms with Gasteiger partial charge in [0.25, 0.3) is 0 Å². The van der Waals surface area contributed by atoms with Crippen LogP contribution in [0.1, 0.15) is 48.7 Å². The van der Waals surface area contributed by atoms with Crippen molar-refractivity contribution in [3.8, 4) is 17.2 Å². The molecule has 3 aromatic rings. The Hall–Kier alpha value is -3.28. The lowest BCUT2D eigenvalue weighted by molar-refractivity contribution is -0.135. The second kappa shape index (κ2) is 11.2. The van der Waals surface area contributed by atoms with Crippen LogP contribution in [-0.2, 0) is 9.47 Å². The Balaban J connectivity index is 1.61. The summed E-state index contributed by atoms with van der Waals surface area (Å²) in [6.07, 6.45) is 5.64. The van der Waals surface area contributed by atoms with Crippen molar-refractivity contribution in [2.45, 2.75) is 32.0 Å². The average Bonchev–Trinajstić information content (AvgIpc) is 2.85. The Morgan fingerprint density at radius 3 is 1.79 bits per heavy atom. The number of ether oxygens (including phenoxy) is 2. The predicted octanol–water partition coefficient (Wildman–Crippen LogP) is 6.38. The molecule has 0 radical (unpaired) electrons. The van der Waals surface area contributed by atoms with Gasteiger partial charge in [-0.3, -0.25) is 0 Å². The Bertz CT molecular complexity index is 1060. The van der Waals surface area contributed by atoms with E-state index in [4.69, 9.17) is 9.47 Å². The summed E-state index contributed by atoms with van der Waals surface area (Å²) in [5, 5.41) is 29.1. The normalized spacial score (nSPS) is 22.7. The molecule has 34 heavy (non-hydrogen) atoms. The summed E-state index contributed by atoms with van der Waals surface area (Å²) < 4.78 is 12.6. The topological polar surface area (TPSA) is 79.2 Å². The van der Waals surface area contributed by atoms with Crippen LogP contribution in [0.25, 0.3) is 6.08 Å². The maximum Gasteiger partial charge on any atom is 0.115 e. The van der Waals surface area contributed by atoms with Crippen LogP contribution in [0.3, 0.4) is 0 Å². The third-order valence-electron chi connectivity index (χ3n) is 6.38. The summed E-state index contributed by atoms with van der Waals surface area (Å²) in [4.78, 5) is 0. The second-order valence-corrected chi connectivity index (χ2v) is 8.81. The number of phenolic OH excluding ortho intramolecular Hbond substituents is 3. The van der Waals surface area contributed by atoms with Gasteiger partial charge in [-0.25, -0.2) is 0 Å². The molecule has 1 aliphatic heterocycles. The van der Waals surface area contributed by atoms with Crippen molar-refractivity contribution in [2.75, 3.05) is 13.2 Å². The van der Waals surface area contributed by atoms with Crippen molar-refractivity contribution < 1.29 is 24.8 Å². The maximum absolute atomic E-state index is 9.79. The lowest BCUT2D eigenvalue weighted by atomic mass is 9.78. The highest BCUT2D eigenvalue weighted by Crippen LogP contribution is 2.47. The largest absolute Gasteiger partial charge is 0.508 e. The Kier molecular flexibility index (Phi) is 7.88. The molecule has 5 nitrogen and oxygen atoms in total. The Labute approximate surface area is 200 Å². The van der Waals surface area contributed by atoms with Gasteiger partial charge in [-0.15, -0.1) is 0 Å². The molecule has 178 valence electrons.